The number of sulfonamides is 1. The number of hydrogen-bond donors (Lipinski definition) is 3. The summed E-state index contributed by atoms with van der Waals surface area (Å²) in [6.07, 6.45) is 9.79. The first-order valence-corrected chi connectivity index (χ1v) is 18.2. The van der Waals surface area contributed by atoms with Crippen molar-refractivity contribution in [1.82, 2.24) is 30.2 Å². The third kappa shape index (κ3) is 9.20. The lowest BCUT2D eigenvalue weighted by molar-refractivity contribution is -0.0519. The van der Waals surface area contributed by atoms with E-state index in [9.17, 15) is 8.42 Å². The van der Waals surface area contributed by atoms with Crippen LogP contribution in [0.4, 0.5) is 0 Å². The van der Waals surface area contributed by atoms with Gasteiger partial charge in [-0.3, -0.25) is 15.5 Å². The maximum Gasteiger partial charge on any atom is 0.216 e. The van der Waals surface area contributed by atoms with Crippen LogP contribution in [0.2, 0.25) is 0 Å². The molecule has 0 spiro atoms. The number of allylic oxidation sites excluding steroid dienone is 1. The molecule has 5 rings (SSSR count). The van der Waals surface area contributed by atoms with Gasteiger partial charge < -0.3 is 4.74 Å². The van der Waals surface area contributed by atoms with Crippen LogP contribution >= 0.6 is 0 Å². The van der Waals surface area contributed by atoms with E-state index in [-0.39, 0.29) is 29.6 Å². The van der Waals surface area contributed by atoms with Gasteiger partial charge >= 0.3 is 0 Å². The molecule has 1 aromatic heterocycles. The van der Waals surface area contributed by atoms with Crippen LogP contribution in [0.15, 0.2) is 36.2 Å². The topological polar surface area (TPSA) is 108 Å². The number of aromatic nitrogens is 2. The molecule has 3 aliphatic rings. The fourth-order valence-electron chi connectivity index (χ4n) is 7.44. The minimum Gasteiger partial charge on any atom is -0.362 e. The van der Waals surface area contributed by atoms with Gasteiger partial charge in [-0.1, -0.05) is 57.0 Å². The van der Waals surface area contributed by atoms with Crippen molar-refractivity contribution < 1.29 is 13.2 Å². The zero-order chi connectivity index (χ0) is 32.4. The van der Waals surface area contributed by atoms with E-state index in [1.54, 1.807) is 0 Å². The van der Waals surface area contributed by atoms with Crippen LogP contribution in [0.5, 0.6) is 0 Å². The van der Waals surface area contributed by atoms with Gasteiger partial charge in [0.05, 0.1) is 18.4 Å². The van der Waals surface area contributed by atoms with Crippen LogP contribution < -0.4 is 15.4 Å². The molecule has 2 aromatic rings. The van der Waals surface area contributed by atoms with E-state index in [2.05, 4.69) is 93.0 Å². The van der Waals surface area contributed by atoms with Gasteiger partial charge in [0.2, 0.25) is 10.0 Å². The highest BCUT2D eigenvalue weighted by molar-refractivity contribution is 7.90. The molecule has 0 radical (unpaired) electrons. The number of aryl methyl sites for hydroxylation is 2. The molecular weight excluding hydrogens is 584 g/mol. The van der Waals surface area contributed by atoms with Crippen LogP contribution in [-0.2, 0) is 21.3 Å². The van der Waals surface area contributed by atoms with E-state index >= 15 is 0 Å². The predicted octanol–water partition coefficient (Wildman–Crippen LogP) is 5.57. The minimum absolute atomic E-state index is 0.0562. The lowest BCUT2D eigenvalue weighted by Gasteiger charge is -2.40. The molecule has 1 aromatic carbocycles. The summed E-state index contributed by atoms with van der Waals surface area (Å²) >= 11 is 0. The fraction of sp³-hybridized carbons (Fsp3) is 0.657. The smallest absolute Gasteiger partial charge is 0.216 e. The second-order valence-corrected chi connectivity index (χ2v) is 17.0. The van der Waals surface area contributed by atoms with Crippen molar-refractivity contribution in [3.63, 3.8) is 0 Å². The van der Waals surface area contributed by atoms with Crippen molar-refractivity contribution in [2.24, 2.45) is 11.3 Å². The molecule has 0 amide bonds. The number of ether oxygens (including phenoxy) is 1. The van der Waals surface area contributed by atoms with Crippen LogP contribution in [0.25, 0.3) is 6.08 Å². The largest absolute Gasteiger partial charge is 0.362 e. The third-order valence-electron chi connectivity index (χ3n) is 9.39. The summed E-state index contributed by atoms with van der Waals surface area (Å²) in [6.45, 7) is 17.1. The van der Waals surface area contributed by atoms with Crippen LogP contribution in [0.1, 0.15) is 107 Å². The maximum atomic E-state index is 13.9. The molecule has 5 unspecified atom stereocenters. The van der Waals surface area contributed by atoms with Crippen LogP contribution in [-0.4, -0.2) is 60.2 Å². The van der Waals surface area contributed by atoms with Crippen molar-refractivity contribution in [2.45, 2.75) is 123 Å². The quantitative estimate of drug-likeness (QED) is 0.391. The summed E-state index contributed by atoms with van der Waals surface area (Å²) in [6, 6.07) is 6.38. The fourth-order valence-corrected chi connectivity index (χ4v) is 9.09. The van der Waals surface area contributed by atoms with Crippen molar-refractivity contribution in [2.75, 3.05) is 13.2 Å². The normalized spacial score (nSPS) is 29.6. The van der Waals surface area contributed by atoms with Gasteiger partial charge in [-0.15, -0.1) is 0 Å². The van der Waals surface area contributed by atoms with Crippen LogP contribution in [0, 0.1) is 25.2 Å². The molecule has 2 aliphatic heterocycles. The molecule has 3 heterocycles. The van der Waals surface area contributed by atoms with Gasteiger partial charge in [-0.2, -0.15) is 4.72 Å². The number of rotatable bonds is 5. The molecule has 1 saturated carbocycles. The Balaban J connectivity index is 1.48. The highest BCUT2D eigenvalue weighted by atomic mass is 32.2. The Morgan fingerprint density at radius 3 is 2.44 bits per heavy atom. The summed E-state index contributed by atoms with van der Waals surface area (Å²) in [5.74, 6) is 1.04. The molecule has 1 aliphatic carbocycles. The number of hydrogen-bond acceptors (Lipinski definition) is 8. The standard InChI is InChI=1S/C35H54N6O3S/c1-23(2)14-27-18-36-31(37-19-27)21-41-20-26-12-9-13-29(15-26)45(42,43)40-34-38-30(33-24(3)10-8-11-25(33)4)16-32(39-34)44-22-28(41)17-35(5,6)7/h8,10-11,14,18-19,26,28-30,32,34,38-40H,9,12-13,15-17,20-22H2,1-7H3/t26?,28-,29?,30?,32?,34?/m1/s1. The van der Waals surface area contributed by atoms with Gasteiger partial charge in [0.1, 0.15) is 18.3 Å². The Bertz CT molecular complexity index is 1410. The zero-order valence-electron chi connectivity index (χ0n) is 28.3. The molecule has 4 bridgehead atoms. The Labute approximate surface area is 271 Å². The zero-order valence-corrected chi connectivity index (χ0v) is 29.1. The number of benzene rings is 1. The average Bonchev–Trinajstić information content (AvgIpc) is 2.95. The number of nitrogens with zero attached hydrogens (tertiary/aromatic N) is 3. The Hall–Kier alpha value is -2.21. The number of nitrogens with one attached hydrogen (secondary N) is 3. The van der Waals surface area contributed by atoms with Gasteiger partial charge in [-0.25, -0.2) is 18.4 Å². The van der Waals surface area contributed by atoms with E-state index < -0.39 is 21.6 Å². The summed E-state index contributed by atoms with van der Waals surface area (Å²) in [7, 11) is -3.58. The molecule has 6 atom stereocenters. The van der Waals surface area contributed by atoms with Crippen molar-refractivity contribution in [3.8, 4) is 0 Å². The highest BCUT2D eigenvalue weighted by Crippen LogP contribution is 2.34. The first kappa shape index (κ1) is 34.1. The summed E-state index contributed by atoms with van der Waals surface area (Å²) in [5.41, 5.74) is 5.86. The van der Waals surface area contributed by atoms with Crippen molar-refractivity contribution >= 4 is 16.1 Å². The third-order valence-corrected chi connectivity index (χ3v) is 11.3. The van der Waals surface area contributed by atoms with Gasteiger partial charge in [0.25, 0.3) is 0 Å². The van der Waals surface area contributed by atoms with E-state index in [1.165, 1.54) is 22.3 Å². The first-order chi connectivity index (χ1) is 21.3. The minimum atomic E-state index is -3.58. The lowest BCUT2D eigenvalue weighted by atomic mass is 9.85. The second kappa shape index (κ2) is 14.3. The summed E-state index contributed by atoms with van der Waals surface area (Å²) in [5, 5.41) is 6.60. The molecule has 2 saturated heterocycles. The molecular formula is C35H54N6O3S. The maximum absolute atomic E-state index is 13.9. The Morgan fingerprint density at radius 2 is 1.78 bits per heavy atom. The van der Waals surface area contributed by atoms with E-state index in [1.807, 2.05) is 12.4 Å². The second-order valence-electron chi connectivity index (χ2n) is 15.0. The summed E-state index contributed by atoms with van der Waals surface area (Å²) < 4.78 is 37.5. The SMILES string of the molecule is CC(C)=Cc1cnc(CN2CC3CCCC(C3)S(=O)(=O)NC3NC(CC(c4c(C)cccc4C)N3)OC[C@H]2CC(C)(C)C)nc1. The Morgan fingerprint density at radius 1 is 1.07 bits per heavy atom. The van der Waals surface area contributed by atoms with Crippen LogP contribution in [0.3, 0.4) is 0 Å². The molecule has 10 heteroatoms. The highest BCUT2D eigenvalue weighted by Gasteiger charge is 2.39. The summed E-state index contributed by atoms with van der Waals surface area (Å²) in [4.78, 5) is 12.0. The first-order valence-electron chi connectivity index (χ1n) is 16.7. The van der Waals surface area contributed by atoms with E-state index in [0.29, 0.717) is 32.4 Å². The molecule has 3 fully saturated rings. The van der Waals surface area contributed by atoms with Crippen molar-refractivity contribution in [1.29, 1.82) is 0 Å². The lowest BCUT2D eigenvalue weighted by Crippen LogP contribution is -2.64. The molecule has 3 N–H and O–H groups in total. The molecule has 9 nitrogen and oxygen atoms in total. The van der Waals surface area contributed by atoms with Crippen molar-refractivity contribution in [3.05, 3.63) is 64.2 Å². The van der Waals surface area contributed by atoms with Gasteiger partial charge in [0.15, 0.2) is 0 Å². The monoisotopic (exact) mass is 638 g/mol. The number of fused-ring (bicyclic) bond motifs is 4. The average molecular weight is 639 g/mol. The molecule has 248 valence electrons. The molecule has 45 heavy (non-hydrogen) atoms. The van der Waals surface area contributed by atoms with E-state index in [4.69, 9.17) is 14.7 Å². The van der Waals surface area contributed by atoms with Gasteiger partial charge in [-0.05, 0) is 81.4 Å². The van der Waals surface area contributed by atoms with Gasteiger partial charge in [0, 0.05) is 43.0 Å². The Kier molecular flexibility index (Phi) is 10.8. The predicted molar refractivity (Wildman–Crippen MR) is 181 cm³/mol. The van der Waals surface area contributed by atoms with E-state index in [0.717, 1.165) is 37.2 Å².